The lowest BCUT2D eigenvalue weighted by atomic mass is 10.0. The Kier molecular flexibility index (Phi) is 3.55. The third-order valence-corrected chi connectivity index (χ3v) is 2.86. The first-order valence-corrected chi connectivity index (χ1v) is 5.92. The van der Waals surface area contributed by atoms with E-state index in [9.17, 15) is 4.79 Å². The molecular weight excluding hydrogens is 244 g/mol. The molecule has 5 nitrogen and oxygen atoms in total. The first-order valence-electron chi connectivity index (χ1n) is 5.92. The van der Waals surface area contributed by atoms with Crippen LogP contribution in [0.4, 0.5) is 0 Å². The monoisotopic (exact) mass is 260 g/mol. The van der Waals surface area contributed by atoms with E-state index in [0.29, 0.717) is 5.82 Å². The molecule has 1 heterocycles. The number of carboxylic acids is 1. The second kappa shape index (κ2) is 5.14. The van der Waals surface area contributed by atoms with E-state index < -0.39 is 5.97 Å². The fourth-order valence-corrected chi connectivity index (χ4v) is 2.16. The summed E-state index contributed by atoms with van der Waals surface area (Å²) in [6, 6.07) is 4.03. The zero-order chi connectivity index (χ0) is 14.0. The lowest BCUT2D eigenvalue weighted by Gasteiger charge is -2.11. The molecule has 0 aliphatic rings. The van der Waals surface area contributed by atoms with Crippen molar-refractivity contribution in [3.8, 4) is 17.0 Å². The molecule has 0 bridgehead atoms. The van der Waals surface area contributed by atoms with Gasteiger partial charge in [0.25, 0.3) is 0 Å². The van der Waals surface area contributed by atoms with Gasteiger partial charge in [-0.2, -0.15) is 0 Å². The molecule has 19 heavy (non-hydrogen) atoms. The van der Waals surface area contributed by atoms with Gasteiger partial charge in [0.2, 0.25) is 0 Å². The molecule has 0 unspecified atom stereocenters. The zero-order valence-corrected chi connectivity index (χ0v) is 11.2. The lowest BCUT2D eigenvalue weighted by molar-refractivity contribution is -0.136. The summed E-state index contributed by atoms with van der Waals surface area (Å²) in [6.45, 7) is 3.98. The number of rotatable bonds is 4. The number of aliphatic carboxylic acids is 1. The second-order valence-electron chi connectivity index (χ2n) is 4.48. The van der Waals surface area contributed by atoms with E-state index in [2.05, 4.69) is 9.97 Å². The SMILES string of the molecule is COc1c(C)cc(C)cc1-c1cnc(CC(=O)O)[nH]1. The van der Waals surface area contributed by atoms with Crippen LogP contribution in [0.2, 0.25) is 0 Å². The van der Waals surface area contributed by atoms with Crippen LogP contribution in [0.25, 0.3) is 11.3 Å². The van der Waals surface area contributed by atoms with Crippen LogP contribution in [0, 0.1) is 13.8 Å². The van der Waals surface area contributed by atoms with Gasteiger partial charge < -0.3 is 14.8 Å². The van der Waals surface area contributed by atoms with E-state index in [0.717, 1.165) is 28.1 Å². The molecule has 0 atom stereocenters. The van der Waals surface area contributed by atoms with Gasteiger partial charge in [0, 0.05) is 5.56 Å². The molecule has 1 aromatic heterocycles. The number of carboxylic acid groups (broad SMARTS) is 1. The Labute approximate surface area is 111 Å². The molecule has 2 rings (SSSR count). The van der Waals surface area contributed by atoms with Crippen LogP contribution in [0.3, 0.4) is 0 Å². The maximum Gasteiger partial charge on any atom is 0.311 e. The average molecular weight is 260 g/mol. The number of aromatic nitrogens is 2. The van der Waals surface area contributed by atoms with Crippen molar-refractivity contribution < 1.29 is 14.6 Å². The average Bonchev–Trinajstić information content (AvgIpc) is 2.75. The highest BCUT2D eigenvalue weighted by Crippen LogP contribution is 2.33. The second-order valence-corrected chi connectivity index (χ2v) is 4.48. The molecule has 5 heteroatoms. The van der Waals surface area contributed by atoms with Crippen LogP contribution in [0.15, 0.2) is 18.3 Å². The minimum Gasteiger partial charge on any atom is -0.496 e. The van der Waals surface area contributed by atoms with Crippen molar-refractivity contribution in [1.29, 1.82) is 0 Å². The van der Waals surface area contributed by atoms with E-state index in [-0.39, 0.29) is 6.42 Å². The number of H-pyrrole nitrogens is 1. The first kappa shape index (κ1) is 13.1. The summed E-state index contributed by atoms with van der Waals surface area (Å²) in [5, 5.41) is 8.75. The van der Waals surface area contributed by atoms with Crippen LogP contribution in [0.5, 0.6) is 5.75 Å². The number of aryl methyl sites for hydroxylation is 2. The molecule has 0 aliphatic carbocycles. The number of benzene rings is 1. The van der Waals surface area contributed by atoms with E-state index in [1.54, 1.807) is 13.3 Å². The fourth-order valence-electron chi connectivity index (χ4n) is 2.16. The highest BCUT2D eigenvalue weighted by Gasteiger charge is 2.13. The van der Waals surface area contributed by atoms with Gasteiger partial charge in [-0.25, -0.2) is 4.98 Å². The summed E-state index contributed by atoms with van der Waals surface area (Å²) < 4.78 is 5.41. The van der Waals surface area contributed by atoms with Gasteiger partial charge in [-0.3, -0.25) is 4.79 Å². The number of hydrogen-bond donors (Lipinski definition) is 2. The number of carbonyl (C=O) groups is 1. The fraction of sp³-hybridized carbons (Fsp3) is 0.286. The van der Waals surface area contributed by atoms with Gasteiger partial charge in [-0.05, 0) is 31.0 Å². The smallest absolute Gasteiger partial charge is 0.311 e. The topological polar surface area (TPSA) is 75.2 Å². The highest BCUT2D eigenvalue weighted by atomic mass is 16.5. The maximum atomic E-state index is 10.7. The molecule has 0 amide bonds. The maximum absolute atomic E-state index is 10.7. The molecule has 0 saturated heterocycles. The Morgan fingerprint density at radius 2 is 2.16 bits per heavy atom. The number of nitrogens with zero attached hydrogens (tertiary/aromatic N) is 1. The summed E-state index contributed by atoms with van der Waals surface area (Å²) >= 11 is 0. The minimum absolute atomic E-state index is 0.118. The van der Waals surface area contributed by atoms with Crippen molar-refractivity contribution in [3.05, 3.63) is 35.3 Å². The Bertz CT molecular complexity index is 617. The quantitative estimate of drug-likeness (QED) is 0.884. The summed E-state index contributed by atoms with van der Waals surface area (Å²) in [6.07, 6.45) is 1.52. The van der Waals surface area contributed by atoms with Crippen LogP contribution >= 0.6 is 0 Å². The molecule has 100 valence electrons. The minimum atomic E-state index is -0.909. The van der Waals surface area contributed by atoms with Crippen LogP contribution in [-0.2, 0) is 11.2 Å². The number of hydrogen-bond acceptors (Lipinski definition) is 3. The third-order valence-electron chi connectivity index (χ3n) is 2.86. The Morgan fingerprint density at radius 3 is 2.79 bits per heavy atom. The Hall–Kier alpha value is -2.30. The van der Waals surface area contributed by atoms with E-state index in [1.807, 2.05) is 26.0 Å². The van der Waals surface area contributed by atoms with Crippen molar-refractivity contribution in [2.45, 2.75) is 20.3 Å². The number of methoxy groups -OCH3 is 1. The molecule has 1 aromatic carbocycles. The Balaban J connectivity index is 2.46. The predicted octanol–water partition coefficient (Wildman–Crippen LogP) is 2.33. The Morgan fingerprint density at radius 1 is 1.42 bits per heavy atom. The summed E-state index contributed by atoms with van der Waals surface area (Å²) in [7, 11) is 1.62. The first-order chi connectivity index (χ1) is 9.01. The molecule has 0 aliphatic heterocycles. The zero-order valence-electron chi connectivity index (χ0n) is 11.2. The predicted molar refractivity (Wildman–Crippen MR) is 71.4 cm³/mol. The van der Waals surface area contributed by atoms with Crippen molar-refractivity contribution in [1.82, 2.24) is 9.97 Å². The summed E-state index contributed by atoms with van der Waals surface area (Å²) in [4.78, 5) is 17.8. The number of ether oxygens (including phenoxy) is 1. The molecular formula is C14H16N2O3. The normalized spacial score (nSPS) is 10.5. The van der Waals surface area contributed by atoms with E-state index in [4.69, 9.17) is 9.84 Å². The van der Waals surface area contributed by atoms with Crippen molar-refractivity contribution in [3.63, 3.8) is 0 Å². The molecule has 0 radical (unpaired) electrons. The van der Waals surface area contributed by atoms with Gasteiger partial charge >= 0.3 is 5.97 Å². The molecule has 0 saturated carbocycles. The van der Waals surface area contributed by atoms with Gasteiger partial charge in [-0.1, -0.05) is 6.07 Å². The van der Waals surface area contributed by atoms with Crippen molar-refractivity contribution in [2.75, 3.05) is 7.11 Å². The van der Waals surface area contributed by atoms with Gasteiger partial charge in [-0.15, -0.1) is 0 Å². The van der Waals surface area contributed by atoms with Crippen LogP contribution < -0.4 is 4.74 Å². The van der Waals surface area contributed by atoms with Crippen LogP contribution in [-0.4, -0.2) is 28.2 Å². The van der Waals surface area contributed by atoms with Gasteiger partial charge in [0.1, 0.15) is 18.0 Å². The summed E-state index contributed by atoms with van der Waals surface area (Å²) in [5.74, 6) is 0.299. The van der Waals surface area contributed by atoms with E-state index >= 15 is 0 Å². The molecule has 2 N–H and O–H groups in total. The number of aromatic amines is 1. The van der Waals surface area contributed by atoms with Crippen LogP contribution in [0.1, 0.15) is 17.0 Å². The number of imidazole rings is 1. The van der Waals surface area contributed by atoms with Gasteiger partial charge in [0.15, 0.2) is 0 Å². The van der Waals surface area contributed by atoms with Gasteiger partial charge in [0.05, 0.1) is 19.0 Å². The lowest BCUT2D eigenvalue weighted by Crippen LogP contribution is -2.01. The van der Waals surface area contributed by atoms with Crippen molar-refractivity contribution >= 4 is 5.97 Å². The molecule has 2 aromatic rings. The number of nitrogens with one attached hydrogen (secondary N) is 1. The standard InChI is InChI=1S/C14H16N2O3/c1-8-4-9(2)14(19-3)10(5-8)11-7-15-12(16-11)6-13(17)18/h4-5,7H,6H2,1-3H3,(H,15,16)(H,17,18). The third kappa shape index (κ3) is 2.76. The van der Waals surface area contributed by atoms with E-state index in [1.165, 1.54) is 0 Å². The highest BCUT2D eigenvalue weighted by molar-refractivity contribution is 5.72. The molecule has 0 fully saturated rings. The molecule has 0 spiro atoms. The van der Waals surface area contributed by atoms with Crippen molar-refractivity contribution in [2.24, 2.45) is 0 Å². The largest absolute Gasteiger partial charge is 0.496 e. The summed E-state index contributed by atoms with van der Waals surface area (Å²) in [5.41, 5.74) is 3.80.